The Kier molecular flexibility index (Phi) is 3.00. The van der Waals surface area contributed by atoms with Crippen molar-refractivity contribution in [1.29, 1.82) is 0 Å². The summed E-state index contributed by atoms with van der Waals surface area (Å²) in [7, 11) is 1.56. The third-order valence-corrected chi connectivity index (χ3v) is 2.72. The largest absolute Gasteiger partial charge is 0.354 e. The maximum atomic E-state index is 11.3. The van der Waals surface area contributed by atoms with Crippen LogP contribution in [-0.4, -0.2) is 27.9 Å². The van der Waals surface area contributed by atoms with Crippen LogP contribution in [-0.2, 0) is 0 Å². The molecule has 0 aliphatic rings. The number of hydrogen-bond acceptors (Lipinski definition) is 3. The summed E-state index contributed by atoms with van der Waals surface area (Å²) >= 11 is 3.41. The van der Waals surface area contributed by atoms with Crippen LogP contribution in [0.25, 0.3) is 5.69 Å². The molecule has 0 spiro atoms. The van der Waals surface area contributed by atoms with Gasteiger partial charge in [-0.3, -0.25) is 4.79 Å². The van der Waals surface area contributed by atoms with Crippen molar-refractivity contribution >= 4 is 21.8 Å². The third kappa shape index (κ3) is 1.96. The first-order chi connectivity index (χ1) is 7.72. The number of aromatic nitrogens is 3. The van der Waals surface area contributed by atoms with Crippen LogP contribution in [0.1, 0.15) is 10.5 Å². The van der Waals surface area contributed by atoms with E-state index in [1.807, 2.05) is 24.3 Å². The van der Waals surface area contributed by atoms with Gasteiger partial charge in [-0.25, -0.2) is 4.68 Å². The van der Waals surface area contributed by atoms with Gasteiger partial charge in [-0.2, -0.15) is 0 Å². The second-order valence-electron chi connectivity index (χ2n) is 3.08. The smallest absolute Gasteiger partial charge is 0.273 e. The van der Waals surface area contributed by atoms with Crippen LogP contribution in [0.5, 0.6) is 0 Å². The highest BCUT2D eigenvalue weighted by Crippen LogP contribution is 2.19. The molecule has 1 N–H and O–H groups in total. The minimum absolute atomic E-state index is 0.252. The second-order valence-corrected chi connectivity index (χ2v) is 3.93. The minimum Gasteiger partial charge on any atom is -0.354 e. The van der Waals surface area contributed by atoms with Gasteiger partial charge in [0.05, 0.1) is 11.9 Å². The molecule has 2 rings (SSSR count). The molecule has 0 bridgehead atoms. The molecule has 1 heterocycles. The molecule has 1 amide bonds. The summed E-state index contributed by atoms with van der Waals surface area (Å²) in [5.74, 6) is -0.252. The average Bonchev–Trinajstić information content (AvgIpc) is 2.78. The molecule has 16 heavy (non-hydrogen) atoms. The van der Waals surface area contributed by atoms with Crippen molar-refractivity contribution < 1.29 is 4.79 Å². The molecule has 0 unspecified atom stereocenters. The van der Waals surface area contributed by atoms with Crippen molar-refractivity contribution in [2.24, 2.45) is 0 Å². The van der Waals surface area contributed by atoms with Crippen molar-refractivity contribution in [2.45, 2.75) is 0 Å². The van der Waals surface area contributed by atoms with Gasteiger partial charge in [0.1, 0.15) is 0 Å². The van der Waals surface area contributed by atoms with Crippen LogP contribution in [0.4, 0.5) is 0 Å². The van der Waals surface area contributed by atoms with E-state index < -0.39 is 0 Å². The molecule has 6 heteroatoms. The molecule has 0 aliphatic carbocycles. The van der Waals surface area contributed by atoms with Gasteiger partial charge in [-0.15, -0.1) is 5.10 Å². The van der Waals surface area contributed by atoms with Crippen LogP contribution in [0.3, 0.4) is 0 Å². The fraction of sp³-hybridized carbons (Fsp3) is 0.100. The second kappa shape index (κ2) is 4.44. The number of amides is 1. The van der Waals surface area contributed by atoms with E-state index in [1.54, 1.807) is 17.9 Å². The van der Waals surface area contributed by atoms with E-state index in [9.17, 15) is 4.79 Å². The molecule has 2 aromatic rings. The number of nitrogens with zero attached hydrogens (tertiary/aromatic N) is 3. The Bertz CT molecular complexity index is 523. The molecule has 82 valence electrons. The molecular formula is C10H9BrN4O. The predicted octanol–water partition coefficient (Wildman–Crippen LogP) is 1.39. The van der Waals surface area contributed by atoms with Gasteiger partial charge >= 0.3 is 0 Å². The molecule has 5 nitrogen and oxygen atoms in total. The normalized spacial score (nSPS) is 10.1. The van der Waals surface area contributed by atoms with E-state index in [0.717, 1.165) is 10.2 Å². The van der Waals surface area contributed by atoms with E-state index in [4.69, 9.17) is 0 Å². The summed E-state index contributed by atoms with van der Waals surface area (Å²) in [6.07, 6.45) is 1.58. The van der Waals surface area contributed by atoms with E-state index in [0.29, 0.717) is 5.69 Å². The topological polar surface area (TPSA) is 59.8 Å². The van der Waals surface area contributed by atoms with Crippen molar-refractivity contribution in [3.05, 3.63) is 40.6 Å². The van der Waals surface area contributed by atoms with Crippen molar-refractivity contribution in [3.8, 4) is 5.69 Å². The Morgan fingerprint density at radius 1 is 1.44 bits per heavy atom. The molecule has 0 atom stereocenters. The lowest BCUT2D eigenvalue weighted by molar-refractivity contribution is 0.0958. The first kappa shape index (κ1) is 10.8. The summed E-state index contributed by atoms with van der Waals surface area (Å²) in [4.78, 5) is 11.3. The lowest BCUT2D eigenvalue weighted by atomic mass is 10.3. The zero-order valence-corrected chi connectivity index (χ0v) is 10.1. The van der Waals surface area contributed by atoms with Gasteiger partial charge in [0.25, 0.3) is 5.91 Å². The average molecular weight is 281 g/mol. The predicted molar refractivity (Wildman–Crippen MR) is 62.4 cm³/mol. The number of rotatable bonds is 2. The maximum absolute atomic E-state index is 11.3. The number of hydrogen-bond donors (Lipinski definition) is 1. The molecule has 1 aromatic carbocycles. The van der Waals surface area contributed by atoms with Gasteiger partial charge < -0.3 is 5.32 Å². The monoisotopic (exact) mass is 280 g/mol. The van der Waals surface area contributed by atoms with E-state index in [1.165, 1.54) is 0 Å². The zero-order chi connectivity index (χ0) is 11.5. The minimum atomic E-state index is -0.252. The molecule has 0 saturated carbocycles. The Balaban J connectivity index is 2.39. The van der Waals surface area contributed by atoms with Gasteiger partial charge in [0.2, 0.25) is 0 Å². The number of para-hydroxylation sites is 1. The fourth-order valence-electron chi connectivity index (χ4n) is 1.25. The summed E-state index contributed by atoms with van der Waals surface area (Å²) < 4.78 is 2.44. The standard InChI is InChI=1S/C10H9BrN4O/c1-12-10(16)8-6-15(14-13-8)9-5-3-2-4-7(9)11/h2-6H,1H3,(H,12,16). The SMILES string of the molecule is CNC(=O)c1cn(-c2ccccc2Br)nn1. The quantitative estimate of drug-likeness (QED) is 0.905. The number of nitrogens with one attached hydrogen (secondary N) is 1. The van der Waals surface area contributed by atoms with Gasteiger partial charge in [-0.05, 0) is 28.1 Å². The molecular weight excluding hydrogens is 272 g/mol. The fourth-order valence-corrected chi connectivity index (χ4v) is 1.72. The first-order valence-corrected chi connectivity index (χ1v) is 5.41. The first-order valence-electron chi connectivity index (χ1n) is 4.61. The Hall–Kier alpha value is -1.69. The Labute approximate surface area is 101 Å². The van der Waals surface area contributed by atoms with Crippen molar-refractivity contribution in [1.82, 2.24) is 20.3 Å². The highest BCUT2D eigenvalue weighted by molar-refractivity contribution is 9.10. The number of carbonyl (C=O) groups is 1. The summed E-state index contributed by atoms with van der Waals surface area (Å²) in [6.45, 7) is 0. The van der Waals surface area contributed by atoms with Crippen LogP contribution in [0.2, 0.25) is 0 Å². The van der Waals surface area contributed by atoms with E-state index >= 15 is 0 Å². The summed E-state index contributed by atoms with van der Waals surface area (Å²) in [5, 5.41) is 10.2. The summed E-state index contributed by atoms with van der Waals surface area (Å²) in [6, 6.07) is 7.58. The maximum Gasteiger partial charge on any atom is 0.273 e. The molecule has 0 radical (unpaired) electrons. The van der Waals surface area contributed by atoms with E-state index in [2.05, 4.69) is 31.6 Å². The van der Waals surface area contributed by atoms with Crippen molar-refractivity contribution in [2.75, 3.05) is 7.05 Å². The van der Waals surface area contributed by atoms with Crippen LogP contribution >= 0.6 is 15.9 Å². The Morgan fingerprint density at radius 3 is 2.88 bits per heavy atom. The molecule has 0 aliphatic heterocycles. The molecule has 0 fully saturated rings. The zero-order valence-electron chi connectivity index (χ0n) is 8.51. The van der Waals surface area contributed by atoms with Crippen LogP contribution in [0.15, 0.2) is 34.9 Å². The lowest BCUT2D eigenvalue weighted by Crippen LogP contribution is -2.18. The Morgan fingerprint density at radius 2 is 2.19 bits per heavy atom. The third-order valence-electron chi connectivity index (χ3n) is 2.05. The number of halogens is 1. The van der Waals surface area contributed by atoms with E-state index in [-0.39, 0.29) is 5.91 Å². The van der Waals surface area contributed by atoms with Crippen LogP contribution < -0.4 is 5.32 Å². The van der Waals surface area contributed by atoms with Crippen molar-refractivity contribution in [3.63, 3.8) is 0 Å². The van der Waals surface area contributed by atoms with Gasteiger partial charge in [-0.1, -0.05) is 17.3 Å². The summed E-state index contributed by atoms with van der Waals surface area (Å²) in [5.41, 5.74) is 1.13. The number of carbonyl (C=O) groups excluding carboxylic acids is 1. The van der Waals surface area contributed by atoms with Crippen LogP contribution in [0, 0.1) is 0 Å². The molecule has 0 saturated heterocycles. The highest BCUT2D eigenvalue weighted by Gasteiger charge is 2.10. The van der Waals surface area contributed by atoms with Gasteiger partial charge in [0, 0.05) is 11.5 Å². The van der Waals surface area contributed by atoms with Gasteiger partial charge in [0.15, 0.2) is 5.69 Å². The number of benzene rings is 1. The highest BCUT2D eigenvalue weighted by atomic mass is 79.9. The molecule has 1 aromatic heterocycles. The lowest BCUT2D eigenvalue weighted by Gasteiger charge is -2.01.